The Kier molecular flexibility index (Phi) is 10.8. The quantitative estimate of drug-likeness (QED) is 0.616. The average Bonchev–Trinajstić information content (AvgIpc) is 2.38. The molecule has 0 bridgehead atoms. The van der Waals surface area contributed by atoms with Crippen molar-refractivity contribution in [1.82, 2.24) is 5.32 Å². The van der Waals surface area contributed by atoms with E-state index in [-0.39, 0.29) is 20.0 Å². The van der Waals surface area contributed by atoms with Gasteiger partial charge in [0.25, 0.3) is 0 Å². The van der Waals surface area contributed by atoms with Crippen molar-refractivity contribution in [3.8, 4) is 0 Å². The van der Waals surface area contributed by atoms with Crippen molar-refractivity contribution >= 4 is 20.2 Å². The molecule has 3 radical (unpaired) electrons. The lowest BCUT2D eigenvalue weighted by molar-refractivity contribution is -0.289. The fraction of sp³-hybridized carbons (Fsp3) is 0.571. The molecule has 0 aliphatic heterocycles. The molecule has 1 N–H and O–H groups in total. The maximum atomic E-state index is 13.6. The highest BCUT2D eigenvalue weighted by Crippen LogP contribution is 2.44. The molecule has 1 unspecified atom stereocenters. The Labute approximate surface area is 138 Å². The van der Waals surface area contributed by atoms with Crippen molar-refractivity contribution < 1.29 is 26.3 Å². The Morgan fingerprint density at radius 3 is 1.96 bits per heavy atom. The summed E-state index contributed by atoms with van der Waals surface area (Å²) in [4.78, 5) is 0. The molecule has 9 heteroatoms. The van der Waals surface area contributed by atoms with Gasteiger partial charge in [-0.1, -0.05) is 19.1 Å². The van der Waals surface area contributed by atoms with Gasteiger partial charge in [-0.25, -0.2) is 4.39 Å². The zero-order valence-electron chi connectivity index (χ0n) is 13.3. The molecule has 23 heavy (non-hydrogen) atoms. The van der Waals surface area contributed by atoms with E-state index in [0.717, 1.165) is 6.07 Å². The Morgan fingerprint density at radius 2 is 1.61 bits per heavy atom. The molecule has 0 spiro atoms. The van der Waals surface area contributed by atoms with E-state index in [4.69, 9.17) is 0 Å². The SMILES string of the molecule is CCNC(C)c1ccc(C(F)(F)C(F)(F)F)cc1F.CSC.[B]. The van der Waals surface area contributed by atoms with E-state index in [1.165, 1.54) is 0 Å². The van der Waals surface area contributed by atoms with Crippen molar-refractivity contribution in [2.75, 3.05) is 19.1 Å². The van der Waals surface area contributed by atoms with E-state index in [1.54, 1.807) is 25.6 Å². The monoisotopic (exact) mass is 358 g/mol. The van der Waals surface area contributed by atoms with Crippen LogP contribution in [0.3, 0.4) is 0 Å². The molecule has 0 saturated carbocycles. The highest BCUT2D eigenvalue weighted by Gasteiger charge is 2.58. The van der Waals surface area contributed by atoms with E-state index < -0.39 is 29.5 Å². The molecule has 1 nitrogen and oxygen atoms in total. The highest BCUT2D eigenvalue weighted by molar-refractivity contribution is 7.97. The number of hydrogen-bond donors (Lipinski definition) is 1. The van der Waals surface area contributed by atoms with Crippen LogP contribution in [0.15, 0.2) is 18.2 Å². The van der Waals surface area contributed by atoms with Gasteiger partial charge in [-0.05, 0) is 32.0 Å². The van der Waals surface area contributed by atoms with Crippen molar-refractivity contribution in [2.24, 2.45) is 0 Å². The molecule has 0 saturated heterocycles. The number of alkyl halides is 5. The van der Waals surface area contributed by atoms with E-state index in [0.29, 0.717) is 12.6 Å². The molecule has 0 fully saturated rings. The van der Waals surface area contributed by atoms with Crippen molar-refractivity contribution in [2.45, 2.75) is 32.0 Å². The first kappa shape index (κ1) is 24.4. The lowest BCUT2D eigenvalue weighted by Crippen LogP contribution is -2.33. The summed E-state index contributed by atoms with van der Waals surface area (Å²) in [6, 6.07) is 1.30. The molecule has 131 valence electrons. The van der Waals surface area contributed by atoms with Crippen LogP contribution in [-0.2, 0) is 5.92 Å². The van der Waals surface area contributed by atoms with Gasteiger partial charge in [-0.3, -0.25) is 0 Å². The zero-order chi connectivity index (χ0) is 17.6. The number of thioether (sulfide) groups is 1. The summed E-state index contributed by atoms with van der Waals surface area (Å²) in [5.41, 5.74) is -1.35. The van der Waals surface area contributed by atoms with Gasteiger partial charge in [-0.2, -0.15) is 33.7 Å². The smallest absolute Gasteiger partial charge is 0.310 e. The molecule has 0 aliphatic rings. The van der Waals surface area contributed by atoms with Crippen LogP contribution in [0.2, 0.25) is 0 Å². The normalized spacial score (nSPS) is 12.8. The topological polar surface area (TPSA) is 12.0 Å². The van der Waals surface area contributed by atoms with Crippen LogP contribution in [0.1, 0.15) is 31.0 Å². The number of benzene rings is 1. The fourth-order valence-electron chi connectivity index (χ4n) is 1.65. The maximum absolute atomic E-state index is 13.6. The van der Waals surface area contributed by atoms with Gasteiger partial charge in [0.15, 0.2) is 0 Å². The molecule has 0 aromatic heterocycles. The van der Waals surface area contributed by atoms with E-state index in [2.05, 4.69) is 5.32 Å². The summed E-state index contributed by atoms with van der Waals surface area (Å²) in [7, 11) is 0. The summed E-state index contributed by atoms with van der Waals surface area (Å²) in [6.07, 6.45) is -1.66. The van der Waals surface area contributed by atoms with Crippen molar-refractivity contribution in [1.29, 1.82) is 0 Å². The maximum Gasteiger partial charge on any atom is 0.458 e. The number of halogens is 6. The van der Waals surface area contributed by atoms with Gasteiger partial charge in [0.05, 0.1) is 0 Å². The lowest BCUT2D eigenvalue weighted by Gasteiger charge is -2.21. The highest BCUT2D eigenvalue weighted by atomic mass is 32.2. The third-order valence-electron chi connectivity index (χ3n) is 2.70. The molecule has 1 rings (SSSR count). The molecule has 1 aromatic carbocycles. The van der Waals surface area contributed by atoms with Crippen LogP contribution >= 0.6 is 11.8 Å². The summed E-state index contributed by atoms with van der Waals surface area (Å²) >= 11 is 1.75. The van der Waals surface area contributed by atoms with E-state index >= 15 is 0 Å². The third kappa shape index (κ3) is 6.67. The third-order valence-corrected chi connectivity index (χ3v) is 2.70. The number of rotatable bonds is 4. The molecular weight excluding hydrogens is 339 g/mol. The fourth-order valence-corrected chi connectivity index (χ4v) is 1.65. The van der Waals surface area contributed by atoms with Crippen LogP contribution in [0, 0.1) is 5.82 Å². The molecule has 0 heterocycles. The summed E-state index contributed by atoms with van der Waals surface area (Å²) < 4.78 is 76.1. The van der Waals surface area contributed by atoms with E-state index in [1.807, 2.05) is 12.5 Å². The first-order valence-electron chi connectivity index (χ1n) is 6.40. The molecule has 0 amide bonds. The predicted molar refractivity (Wildman–Crippen MR) is 83.6 cm³/mol. The molecule has 1 atom stereocenters. The van der Waals surface area contributed by atoms with Gasteiger partial charge in [0.2, 0.25) is 0 Å². The summed E-state index contributed by atoms with van der Waals surface area (Å²) in [6.45, 7) is 3.87. The number of nitrogens with one attached hydrogen (secondary N) is 1. The molecule has 1 aromatic rings. The Bertz CT molecular complexity index is 467. The Morgan fingerprint density at radius 1 is 1.13 bits per heavy atom. The summed E-state index contributed by atoms with van der Waals surface area (Å²) in [5.74, 6) is -6.15. The van der Waals surface area contributed by atoms with Crippen LogP contribution in [0.5, 0.6) is 0 Å². The molecule has 0 aliphatic carbocycles. The minimum absolute atomic E-state index is 0. The average molecular weight is 358 g/mol. The minimum atomic E-state index is -5.74. The predicted octanol–water partition coefficient (Wildman–Crippen LogP) is 4.75. The van der Waals surface area contributed by atoms with Crippen LogP contribution in [0.25, 0.3) is 0 Å². The first-order valence-corrected chi connectivity index (χ1v) is 8.04. The Balaban J connectivity index is 0. The number of hydrogen-bond acceptors (Lipinski definition) is 2. The summed E-state index contributed by atoms with van der Waals surface area (Å²) in [5, 5.41) is 2.84. The second-order valence-electron chi connectivity index (χ2n) is 4.50. The minimum Gasteiger partial charge on any atom is -0.310 e. The second kappa shape index (κ2) is 10.1. The molecular formula is C14H19BF6NS. The van der Waals surface area contributed by atoms with Crippen LogP contribution in [0.4, 0.5) is 26.3 Å². The van der Waals surface area contributed by atoms with Crippen molar-refractivity contribution in [3.63, 3.8) is 0 Å². The Hall–Kier alpha value is -0.825. The first-order chi connectivity index (χ1) is 10.0. The van der Waals surface area contributed by atoms with Crippen LogP contribution in [-0.4, -0.2) is 33.6 Å². The van der Waals surface area contributed by atoms with E-state index in [9.17, 15) is 26.3 Å². The van der Waals surface area contributed by atoms with Gasteiger partial charge >= 0.3 is 12.1 Å². The van der Waals surface area contributed by atoms with Gasteiger partial charge < -0.3 is 5.32 Å². The van der Waals surface area contributed by atoms with Gasteiger partial charge in [0, 0.05) is 25.6 Å². The zero-order valence-corrected chi connectivity index (χ0v) is 14.1. The van der Waals surface area contributed by atoms with Gasteiger partial charge in [0.1, 0.15) is 5.82 Å². The van der Waals surface area contributed by atoms with Gasteiger partial charge in [-0.15, -0.1) is 0 Å². The van der Waals surface area contributed by atoms with Crippen molar-refractivity contribution in [3.05, 3.63) is 35.1 Å². The lowest BCUT2D eigenvalue weighted by atomic mass is 10.0. The second-order valence-corrected chi connectivity index (χ2v) is 5.31. The largest absolute Gasteiger partial charge is 0.458 e. The standard InChI is InChI=1S/C12H13F6N.C2H6S.B/c1-3-19-7(2)9-5-4-8(6-10(9)13)11(14,15)12(16,17)18;1-3-2;/h4-7,19H,3H2,1-2H3;1-2H3;. The van der Waals surface area contributed by atoms with Crippen LogP contribution < -0.4 is 5.32 Å².